The lowest BCUT2D eigenvalue weighted by Gasteiger charge is -2.34. The third-order valence-corrected chi connectivity index (χ3v) is 5.19. The number of hydrogen-bond acceptors (Lipinski definition) is 7. The quantitative estimate of drug-likeness (QED) is 0.419. The number of anilines is 1. The average molecular weight is 492 g/mol. The number of nitrogens with one attached hydrogen (secondary N) is 1. The Hall–Kier alpha value is -2.65. The molecule has 0 spiro atoms. The fourth-order valence-corrected chi connectivity index (χ4v) is 3.68. The van der Waals surface area contributed by atoms with Crippen LogP contribution in [0.15, 0.2) is 24.3 Å². The molecule has 0 saturated carbocycles. The topological polar surface area (TPSA) is 97.4 Å². The summed E-state index contributed by atoms with van der Waals surface area (Å²) in [6.07, 6.45) is 0.448. The molecule has 1 aliphatic heterocycles. The summed E-state index contributed by atoms with van der Waals surface area (Å²) in [7, 11) is 1.68. The van der Waals surface area contributed by atoms with E-state index in [1.54, 1.807) is 53.6 Å². The summed E-state index contributed by atoms with van der Waals surface area (Å²) in [5.41, 5.74) is 0.251. The number of nitrogens with zero attached hydrogens (tertiary/aromatic N) is 2. The standard InChI is InChI=1S/C26H41N3O6/c1-25(2,3)34-23(31)21(27-24(32)35-26(4,5)6)17-19-9-11-20(12-10-19)29-15-14-28(18-22(29)30)13-8-16-33-7/h9-12,21H,8,13-18H2,1-7H3,(H,27,32)/t21-/m0/s1. The van der Waals surface area contributed by atoms with Crippen molar-refractivity contribution in [1.29, 1.82) is 0 Å². The highest BCUT2D eigenvalue weighted by Gasteiger charge is 2.29. The highest BCUT2D eigenvalue weighted by Crippen LogP contribution is 2.20. The SMILES string of the molecule is COCCCN1CCN(c2ccc(C[C@H](NC(=O)OC(C)(C)C)C(=O)OC(C)(C)C)cc2)C(=O)C1. The molecule has 0 unspecified atom stereocenters. The number of esters is 1. The van der Waals surface area contributed by atoms with E-state index in [4.69, 9.17) is 14.2 Å². The molecule has 1 heterocycles. The number of amides is 2. The van der Waals surface area contributed by atoms with Crippen molar-refractivity contribution < 1.29 is 28.6 Å². The van der Waals surface area contributed by atoms with Crippen LogP contribution in [0.25, 0.3) is 0 Å². The molecule has 2 rings (SSSR count). The Labute approximate surface area is 209 Å². The lowest BCUT2D eigenvalue weighted by atomic mass is 10.0. The van der Waals surface area contributed by atoms with Gasteiger partial charge in [0.1, 0.15) is 17.2 Å². The van der Waals surface area contributed by atoms with Gasteiger partial charge in [0.05, 0.1) is 6.54 Å². The largest absolute Gasteiger partial charge is 0.458 e. The van der Waals surface area contributed by atoms with Gasteiger partial charge in [-0.3, -0.25) is 9.69 Å². The Morgan fingerprint density at radius 3 is 2.17 bits per heavy atom. The van der Waals surface area contributed by atoms with Crippen LogP contribution in [-0.4, -0.2) is 80.0 Å². The van der Waals surface area contributed by atoms with E-state index in [-0.39, 0.29) is 12.3 Å². The van der Waals surface area contributed by atoms with Gasteiger partial charge in [-0.15, -0.1) is 0 Å². The number of rotatable bonds is 9. The van der Waals surface area contributed by atoms with Crippen LogP contribution < -0.4 is 10.2 Å². The summed E-state index contributed by atoms with van der Waals surface area (Å²) in [6.45, 7) is 13.9. The van der Waals surface area contributed by atoms with Crippen molar-refractivity contribution in [2.24, 2.45) is 0 Å². The van der Waals surface area contributed by atoms with Crippen LogP contribution in [0, 0.1) is 0 Å². The number of ether oxygens (including phenoxy) is 3. The van der Waals surface area contributed by atoms with Gasteiger partial charge in [-0.05, 0) is 65.7 Å². The minimum atomic E-state index is -0.910. The first kappa shape index (κ1) is 28.6. The number of benzene rings is 1. The number of carbonyl (C=O) groups is 3. The first-order valence-corrected chi connectivity index (χ1v) is 12.1. The third-order valence-electron chi connectivity index (χ3n) is 5.19. The molecule has 1 aromatic rings. The summed E-state index contributed by atoms with van der Waals surface area (Å²) in [4.78, 5) is 41.7. The summed E-state index contributed by atoms with van der Waals surface area (Å²) in [5.74, 6) is -0.480. The van der Waals surface area contributed by atoms with Crippen molar-refractivity contribution in [3.63, 3.8) is 0 Å². The minimum Gasteiger partial charge on any atom is -0.458 e. The van der Waals surface area contributed by atoms with Crippen molar-refractivity contribution in [2.45, 2.75) is 71.6 Å². The molecule has 1 atom stereocenters. The van der Waals surface area contributed by atoms with Gasteiger partial charge in [0, 0.05) is 45.5 Å². The molecule has 1 saturated heterocycles. The average Bonchev–Trinajstić information content (AvgIpc) is 2.72. The smallest absolute Gasteiger partial charge is 0.408 e. The van der Waals surface area contributed by atoms with Gasteiger partial charge in [0.2, 0.25) is 5.91 Å². The minimum absolute atomic E-state index is 0.0552. The van der Waals surface area contributed by atoms with Gasteiger partial charge in [-0.1, -0.05) is 12.1 Å². The molecule has 9 nitrogen and oxygen atoms in total. The van der Waals surface area contributed by atoms with Gasteiger partial charge < -0.3 is 24.4 Å². The molecule has 9 heteroatoms. The van der Waals surface area contributed by atoms with Crippen LogP contribution in [0.3, 0.4) is 0 Å². The number of piperazine rings is 1. The van der Waals surface area contributed by atoms with E-state index in [9.17, 15) is 14.4 Å². The Bertz CT molecular complexity index is 857. The lowest BCUT2D eigenvalue weighted by Crippen LogP contribution is -2.50. The maximum atomic E-state index is 12.8. The van der Waals surface area contributed by atoms with E-state index in [1.807, 2.05) is 24.3 Å². The predicted octanol–water partition coefficient (Wildman–Crippen LogP) is 3.15. The zero-order chi connectivity index (χ0) is 26.2. The molecule has 0 radical (unpaired) electrons. The Morgan fingerprint density at radius 1 is 1.00 bits per heavy atom. The number of methoxy groups -OCH3 is 1. The first-order chi connectivity index (χ1) is 16.3. The van der Waals surface area contributed by atoms with Crippen molar-refractivity contribution in [3.05, 3.63) is 29.8 Å². The molecule has 1 aliphatic rings. The summed E-state index contributed by atoms with van der Waals surface area (Å²) < 4.78 is 15.9. The molecule has 1 N–H and O–H groups in total. The monoisotopic (exact) mass is 491 g/mol. The van der Waals surface area contributed by atoms with Crippen LogP contribution in [0.5, 0.6) is 0 Å². The number of carbonyl (C=O) groups excluding carboxylic acids is 3. The fourth-order valence-electron chi connectivity index (χ4n) is 3.68. The molecular formula is C26H41N3O6. The lowest BCUT2D eigenvalue weighted by molar-refractivity contribution is -0.157. The van der Waals surface area contributed by atoms with E-state index >= 15 is 0 Å². The van der Waals surface area contributed by atoms with Gasteiger partial charge in [0.15, 0.2) is 0 Å². The highest BCUT2D eigenvalue weighted by molar-refractivity contribution is 5.95. The molecular weight excluding hydrogens is 450 g/mol. The van der Waals surface area contributed by atoms with E-state index < -0.39 is 29.3 Å². The summed E-state index contributed by atoms with van der Waals surface area (Å²) >= 11 is 0. The van der Waals surface area contributed by atoms with E-state index in [0.717, 1.165) is 30.8 Å². The highest BCUT2D eigenvalue weighted by atomic mass is 16.6. The molecule has 1 aromatic carbocycles. The summed E-state index contributed by atoms with van der Waals surface area (Å²) in [6, 6.07) is 6.55. The summed E-state index contributed by atoms with van der Waals surface area (Å²) in [5, 5.41) is 2.64. The molecule has 1 fully saturated rings. The predicted molar refractivity (Wildman–Crippen MR) is 134 cm³/mol. The van der Waals surface area contributed by atoms with Crippen LogP contribution in [0.1, 0.15) is 53.5 Å². The second kappa shape index (κ2) is 12.4. The normalized spacial score (nSPS) is 16.1. The molecule has 2 amide bonds. The van der Waals surface area contributed by atoms with Crippen molar-refractivity contribution in [1.82, 2.24) is 10.2 Å². The Balaban J connectivity index is 2.05. The Kier molecular flexibility index (Phi) is 10.1. The van der Waals surface area contributed by atoms with Crippen LogP contribution in [-0.2, 0) is 30.2 Å². The van der Waals surface area contributed by atoms with E-state index in [2.05, 4.69) is 10.2 Å². The zero-order valence-corrected chi connectivity index (χ0v) is 22.2. The Morgan fingerprint density at radius 2 is 1.63 bits per heavy atom. The molecule has 0 aromatic heterocycles. The number of hydrogen-bond donors (Lipinski definition) is 1. The zero-order valence-electron chi connectivity index (χ0n) is 22.2. The third kappa shape index (κ3) is 10.2. The maximum absolute atomic E-state index is 12.8. The van der Waals surface area contributed by atoms with E-state index in [0.29, 0.717) is 19.7 Å². The van der Waals surface area contributed by atoms with Crippen molar-refractivity contribution in [3.8, 4) is 0 Å². The van der Waals surface area contributed by atoms with Crippen LogP contribution in [0.4, 0.5) is 10.5 Å². The van der Waals surface area contributed by atoms with Gasteiger partial charge in [-0.2, -0.15) is 0 Å². The number of alkyl carbamates (subject to hydrolysis) is 1. The van der Waals surface area contributed by atoms with Crippen molar-refractivity contribution in [2.75, 3.05) is 44.8 Å². The van der Waals surface area contributed by atoms with Gasteiger partial charge in [-0.25, -0.2) is 9.59 Å². The van der Waals surface area contributed by atoms with Gasteiger partial charge in [0.25, 0.3) is 0 Å². The van der Waals surface area contributed by atoms with Crippen molar-refractivity contribution >= 4 is 23.7 Å². The second-order valence-corrected chi connectivity index (χ2v) is 10.8. The molecule has 0 aliphatic carbocycles. The van der Waals surface area contributed by atoms with Gasteiger partial charge >= 0.3 is 12.1 Å². The molecule has 196 valence electrons. The van der Waals surface area contributed by atoms with Crippen LogP contribution >= 0.6 is 0 Å². The van der Waals surface area contributed by atoms with Crippen LogP contribution in [0.2, 0.25) is 0 Å². The second-order valence-electron chi connectivity index (χ2n) is 10.8. The molecule has 35 heavy (non-hydrogen) atoms. The van der Waals surface area contributed by atoms with E-state index in [1.165, 1.54) is 0 Å². The first-order valence-electron chi connectivity index (χ1n) is 12.1. The maximum Gasteiger partial charge on any atom is 0.408 e. The molecule has 0 bridgehead atoms. The fraction of sp³-hybridized carbons (Fsp3) is 0.654.